The van der Waals surface area contributed by atoms with Crippen molar-refractivity contribution in [2.45, 2.75) is 39.7 Å². The first-order chi connectivity index (χ1) is 12.2. The number of piperazine rings is 1. The molecule has 0 atom stereocenters. The molecule has 1 amide bonds. The molecular formula is C17H23BrN4O3S. The predicted octanol–water partition coefficient (Wildman–Crippen LogP) is 3.37. The van der Waals surface area contributed by atoms with Crippen LogP contribution in [0.4, 0.5) is 10.5 Å². The zero-order valence-corrected chi connectivity index (χ0v) is 17.8. The largest absolute Gasteiger partial charge is 0.444 e. The molecule has 0 aliphatic carbocycles. The third-order valence-electron chi connectivity index (χ3n) is 4.18. The zero-order valence-electron chi connectivity index (χ0n) is 15.4. The van der Waals surface area contributed by atoms with Gasteiger partial charge in [0, 0.05) is 31.9 Å². The number of aromatic amines is 1. The molecule has 1 aliphatic rings. The van der Waals surface area contributed by atoms with E-state index in [2.05, 4.69) is 25.9 Å². The van der Waals surface area contributed by atoms with Crippen LogP contribution in [0.5, 0.6) is 0 Å². The number of fused-ring (bicyclic) bond motifs is 1. The molecule has 26 heavy (non-hydrogen) atoms. The summed E-state index contributed by atoms with van der Waals surface area (Å²) in [5, 5.41) is 0. The normalized spacial score (nSPS) is 15.6. The van der Waals surface area contributed by atoms with Crippen LogP contribution >= 0.6 is 27.3 Å². The molecule has 0 aromatic carbocycles. The number of aryl methyl sites for hydroxylation is 1. The Kier molecular flexibility index (Phi) is 5.30. The van der Waals surface area contributed by atoms with E-state index in [-0.39, 0.29) is 11.5 Å². The molecule has 3 rings (SSSR count). The van der Waals surface area contributed by atoms with Gasteiger partial charge >= 0.3 is 6.09 Å². The lowest BCUT2D eigenvalue weighted by Gasteiger charge is -2.37. The molecule has 1 aliphatic heterocycles. The summed E-state index contributed by atoms with van der Waals surface area (Å²) in [6.07, 6.45) is 0.420. The highest BCUT2D eigenvalue weighted by molar-refractivity contribution is 9.11. The summed E-state index contributed by atoms with van der Waals surface area (Å²) in [6.45, 7) is 9.82. The van der Waals surface area contributed by atoms with Crippen LogP contribution < -0.4 is 10.3 Å². The van der Waals surface area contributed by atoms with Crippen molar-refractivity contribution in [3.8, 4) is 0 Å². The Labute approximate surface area is 164 Å². The van der Waals surface area contributed by atoms with E-state index in [1.807, 2.05) is 32.6 Å². The van der Waals surface area contributed by atoms with E-state index in [4.69, 9.17) is 4.74 Å². The standard InChI is InChI=1S/C17H23BrN4O3S/c1-5-10-12(13(23)11-14(19-10)26-15(18)20-11)21-6-8-22(9-7-21)16(24)25-17(2,3)4/h5-9H2,1-4H3,(H,19,23). The fourth-order valence-electron chi connectivity index (χ4n) is 3.01. The number of aromatic nitrogens is 2. The van der Waals surface area contributed by atoms with Crippen molar-refractivity contribution in [2.75, 3.05) is 31.1 Å². The lowest BCUT2D eigenvalue weighted by molar-refractivity contribution is 0.0240. The smallest absolute Gasteiger partial charge is 0.410 e. The van der Waals surface area contributed by atoms with E-state index in [1.165, 1.54) is 11.3 Å². The molecule has 0 radical (unpaired) electrons. The molecule has 0 unspecified atom stereocenters. The van der Waals surface area contributed by atoms with Gasteiger partial charge in [0.25, 0.3) is 0 Å². The van der Waals surface area contributed by atoms with Gasteiger partial charge in [-0.1, -0.05) is 18.3 Å². The molecule has 2 aromatic rings. The van der Waals surface area contributed by atoms with Gasteiger partial charge in [0.05, 0.1) is 0 Å². The first kappa shape index (κ1) is 19.2. The lowest BCUT2D eigenvalue weighted by Crippen LogP contribution is -2.51. The van der Waals surface area contributed by atoms with E-state index in [9.17, 15) is 9.59 Å². The summed E-state index contributed by atoms with van der Waals surface area (Å²) < 4.78 is 6.12. The average molecular weight is 443 g/mol. The first-order valence-corrected chi connectivity index (χ1v) is 10.2. The van der Waals surface area contributed by atoms with Gasteiger partial charge in [0.2, 0.25) is 5.43 Å². The molecule has 1 fully saturated rings. The number of halogens is 1. The Balaban J connectivity index is 1.82. The number of carbonyl (C=O) groups is 1. The van der Waals surface area contributed by atoms with E-state index in [0.29, 0.717) is 41.3 Å². The van der Waals surface area contributed by atoms with Crippen LogP contribution in [-0.4, -0.2) is 52.7 Å². The van der Waals surface area contributed by atoms with Gasteiger partial charge in [0.1, 0.15) is 21.6 Å². The maximum atomic E-state index is 13.0. The Morgan fingerprint density at radius 2 is 1.96 bits per heavy atom. The summed E-state index contributed by atoms with van der Waals surface area (Å²) in [5.74, 6) is 0. The molecule has 0 spiro atoms. The predicted molar refractivity (Wildman–Crippen MR) is 107 cm³/mol. The molecule has 7 nitrogen and oxygen atoms in total. The minimum atomic E-state index is -0.510. The van der Waals surface area contributed by atoms with Crippen molar-refractivity contribution in [1.82, 2.24) is 14.9 Å². The Morgan fingerprint density at radius 3 is 2.54 bits per heavy atom. The maximum Gasteiger partial charge on any atom is 0.410 e. The second kappa shape index (κ2) is 7.19. The van der Waals surface area contributed by atoms with Crippen LogP contribution in [0.1, 0.15) is 33.4 Å². The monoisotopic (exact) mass is 442 g/mol. The number of hydrogen-bond acceptors (Lipinski definition) is 6. The van der Waals surface area contributed by atoms with Crippen molar-refractivity contribution >= 4 is 49.4 Å². The third-order valence-corrected chi connectivity index (χ3v) is 5.60. The first-order valence-electron chi connectivity index (χ1n) is 8.63. The summed E-state index contributed by atoms with van der Waals surface area (Å²) in [5.41, 5.74) is 1.47. The van der Waals surface area contributed by atoms with Crippen molar-refractivity contribution in [1.29, 1.82) is 0 Å². The molecule has 0 bridgehead atoms. The highest BCUT2D eigenvalue weighted by atomic mass is 79.9. The Bertz CT molecular complexity index is 878. The van der Waals surface area contributed by atoms with Crippen molar-refractivity contribution in [3.05, 3.63) is 19.8 Å². The number of amides is 1. The Morgan fingerprint density at radius 1 is 1.31 bits per heavy atom. The molecule has 9 heteroatoms. The average Bonchev–Trinajstić information content (AvgIpc) is 2.94. The second-order valence-corrected chi connectivity index (χ2v) is 9.51. The van der Waals surface area contributed by atoms with Gasteiger partial charge in [-0.2, -0.15) is 0 Å². The van der Waals surface area contributed by atoms with Gasteiger partial charge in [-0.15, -0.1) is 0 Å². The number of anilines is 1. The topological polar surface area (TPSA) is 78.5 Å². The fraction of sp³-hybridized carbons (Fsp3) is 0.588. The number of nitrogens with zero attached hydrogens (tertiary/aromatic N) is 3. The zero-order chi connectivity index (χ0) is 19.1. The van der Waals surface area contributed by atoms with Crippen molar-refractivity contribution in [2.24, 2.45) is 0 Å². The van der Waals surface area contributed by atoms with Crippen LogP contribution in [0.25, 0.3) is 10.3 Å². The number of H-pyrrole nitrogens is 1. The van der Waals surface area contributed by atoms with Gasteiger partial charge in [0.15, 0.2) is 3.92 Å². The third kappa shape index (κ3) is 3.88. The number of rotatable bonds is 2. The van der Waals surface area contributed by atoms with Crippen LogP contribution in [0.3, 0.4) is 0 Å². The molecule has 3 heterocycles. The lowest BCUT2D eigenvalue weighted by atomic mass is 10.2. The van der Waals surface area contributed by atoms with E-state index in [1.54, 1.807) is 4.90 Å². The number of nitrogens with one attached hydrogen (secondary N) is 1. The minimum absolute atomic E-state index is 0.0525. The number of carbonyl (C=O) groups excluding carboxylic acids is 1. The molecule has 142 valence electrons. The highest BCUT2D eigenvalue weighted by Crippen LogP contribution is 2.27. The maximum absolute atomic E-state index is 13.0. The quantitative estimate of drug-likeness (QED) is 0.770. The highest BCUT2D eigenvalue weighted by Gasteiger charge is 2.28. The molecule has 2 aromatic heterocycles. The fourth-order valence-corrected chi connectivity index (χ4v) is 4.39. The van der Waals surface area contributed by atoms with E-state index in [0.717, 1.165) is 16.9 Å². The van der Waals surface area contributed by atoms with E-state index < -0.39 is 5.60 Å². The summed E-state index contributed by atoms with van der Waals surface area (Å²) >= 11 is 4.77. The summed E-state index contributed by atoms with van der Waals surface area (Å²) in [7, 11) is 0. The van der Waals surface area contributed by atoms with Crippen LogP contribution in [-0.2, 0) is 11.2 Å². The number of pyridine rings is 1. The molecular weight excluding hydrogens is 420 g/mol. The minimum Gasteiger partial charge on any atom is -0.444 e. The second-order valence-electron chi connectivity index (χ2n) is 7.23. The molecule has 1 N–H and O–H groups in total. The molecule has 1 saturated heterocycles. The number of ether oxygens (including phenoxy) is 1. The van der Waals surface area contributed by atoms with Gasteiger partial charge < -0.3 is 19.5 Å². The Hall–Kier alpha value is -1.61. The van der Waals surface area contributed by atoms with Crippen molar-refractivity contribution < 1.29 is 9.53 Å². The van der Waals surface area contributed by atoms with E-state index >= 15 is 0 Å². The summed E-state index contributed by atoms with van der Waals surface area (Å²) in [6, 6.07) is 0. The van der Waals surface area contributed by atoms with Crippen molar-refractivity contribution in [3.63, 3.8) is 0 Å². The van der Waals surface area contributed by atoms with Crippen LogP contribution in [0.15, 0.2) is 8.71 Å². The van der Waals surface area contributed by atoms with Gasteiger partial charge in [-0.05, 0) is 43.1 Å². The van der Waals surface area contributed by atoms with Crippen LogP contribution in [0, 0.1) is 0 Å². The number of thiazole rings is 1. The van der Waals surface area contributed by atoms with Gasteiger partial charge in [-0.25, -0.2) is 9.78 Å². The SMILES string of the molecule is CCc1[nH]c2sc(Br)nc2c(=O)c1N1CCN(C(=O)OC(C)(C)C)CC1. The van der Waals surface area contributed by atoms with Gasteiger partial charge in [-0.3, -0.25) is 4.79 Å². The van der Waals surface area contributed by atoms with Crippen LogP contribution in [0.2, 0.25) is 0 Å². The summed E-state index contributed by atoms with van der Waals surface area (Å²) in [4.78, 5) is 37.4. The molecule has 0 saturated carbocycles. The number of hydrogen-bond donors (Lipinski definition) is 1.